The van der Waals surface area contributed by atoms with Crippen molar-refractivity contribution < 1.29 is 9.21 Å². The van der Waals surface area contributed by atoms with Crippen LogP contribution in [0.15, 0.2) is 34.9 Å². The van der Waals surface area contributed by atoms with Crippen LogP contribution >= 0.6 is 0 Å². The Kier molecular flexibility index (Phi) is 3.53. The van der Waals surface area contributed by atoms with Crippen LogP contribution in [0.1, 0.15) is 23.5 Å². The van der Waals surface area contributed by atoms with Crippen molar-refractivity contribution in [1.29, 1.82) is 0 Å². The SMILES string of the molecule is Nc1ccc(-c2cnc(C(=O)N[C@@H]3C[C@@H]4CCN(C4)C3)o2)cc1. The Morgan fingerprint density at radius 1 is 1.30 bits per heavy atom. The van der Waals surface area contributed by atoms with E-state index in [9.17, 15) is 4.79 Å². The first-order valence-corrected chi connectivity index (χ1v) is 8.02. The van der Waals surface area contributed by atoms with E-state index < -0.39 is 0 Å². The van der Waals surface area contributed by atoms with E-state index in [1.807, 2.05) is 12.1 Å². The van der Waals surface area contributed by atoms with Gasteiger partial charge in [0.1, 0.15) is 0 Å². The van der Waals surface area contributed by atoms with Crippen LogP contribution in [-0.4, -0.2) is 41.5 Å². The molecule has 0 saturated carbocycles. The molecule has 0 spiro atoms. The molecule has 1 aromatic carbocycles. The number of benzene rings is 1. The van der Waals surface area contributed by atoms with E-state index in [0.29, 0.717) is 17.4 Å². The van der Waals surface area contributed by atoms with E-state index in [-0.39, 0.29) is 17.8 Å². The predicted octanol–water partition coefficient (Wildman–Crippen LogP) is 1.75. The van der Waals surface area contributed by atoms with Gasteiger partial charge in [0.15, 0.2) is 5.76 Å². The topological polar surface area (TPSA) is 84.4 Å². The number of aromatic nitrogens is 1. The van der Waals surface area contributed by atoms with Gasteiger partial charge in [-0.25, -0.2) is 4.98 Å². The molecule has 2 aliphatic heterocycles. The van der Waals surface area contributed by atoms with E-state index >= 15 is 0 Å². The average molecular weight is 312 g/mol. The Balaban J connectivity index is 1.44. The molecular formula is C17H20N4O2. The lowest BCUT2D eigenvalue weighted by atomic mass is 9.97. The second-order valence-corrected chi connectivity index (χ2v) is 6.47. The van der Waals surface area contributed by atoms with Crippen molar-refractivity contribution in [2.24, 2.45) is 5.92 Å². The van der Waals surface area contributed by atoms with E-state index in [0.717, 1.165) is 25.1 Å². The van der Waals surface area contributed by atoms with Crippen LogP contribution in [-0.2, 0) is 0 Å². The minimum Gasteiger partial charge on any atom is -0.432 e. The van der Waals surface area contributed by atoms with Crippen LogP contribution in [0.25, 0.3) is 11.3 Å². The fourth-order valence-corrected chi connectivity index (χ4v) is 3.57. The minimum atomic E-state index is -0.237. The third kappa shape index (κ3) is 2.94. The molecule has 6 heteroatoms. The Morgan fingerprint density at radius 2 is 2.13 bits per heavy atom. The second-order valence-electron chi connectivity index (χ2n) is 6.47. The number of nitrogens with zero attached hydrogens (tertiary/aromatic N) is 2. The van der Waals surface area contributed by atoms with Crippen LogP contribution in [0.3, 0.4) is 0 Å². The quantitative estimate of drug-likeness (QED) is 0.844. The number of nitrogens with one attached hydrogen (secondary N) is 1. The molecule has 1 aromatic heterocycles. The third-order valence-electron chi connectivity index (χ3n) is 4.70. The maximum atomic E-state index is 12.3. The number of fused-ring (bicyclic) bond motifs is 2. The number of oxazole rings is 1. The Hall–Kier alpha value is -2.34. The van der Waals surface area contributed by atoms with Crippen LogP contribution in [0.5, 0.6) is 0 Å². The van der Waals surface area contributed by atoms with Gasteiger partial charge in [0.25, 0.3) is 5.89 Å². The summed E-state index contributed by atoms with van der Waals surface area (Å²) < 4.78 is 5.60. The number of anilines is 1. The fraction of sp³-hybridized carbons (Fsp3) is 0.412. The lowest BCUT2D eigenvalue weighted by molar-refractivity contribution is 0.0875. The molecular weight excluding hydrogens is 292 g/mol. The Labute approximate surface area is 134 Å². The maximum Gasteiger partial charge on any atom is 0.307 e. The van der Waals surface area contributed by atoms with E-state index in [1.54, 1.807) is 18.3 Å². The second kappa shape index (κ2) is 5.70. The molecule has 3 atom stereocenters. The number of piperidine rings is 1. The van der Waals surface area contributed by atoms with Gasteiger partial charge in [-0.05, 0) is 49.6 Å². The molecule has 2 aliphatic rings. The molecule has 4 rings (SSSR count). The Bertz CT molecular complexity index is 698. The molecule has 3 N–H and O–H groups in total. The van der Waals surface area contributed by atoms with Crippen LogP contribution < -0.4 is 11.1 Å². The highest BCUT2D eigenvalue weighted by atomic mass is 16.4. The highest BCUT2D eigenvalue weighted by Crippen LogP contribution is 2.27. The minimum absolute atomic E-state index is 0.116. The van der Waals surface area contributed by atoms with Gasteiger partial charge >= 0.3 is 5.91 Å². The first kappa shape index (κ1) is 14.3. The van der Waals surface area contributed by atoms with Gasteiger partial charge in [0.2, 0.25) is 0 Å². The third-order valence-corrected chi connectivity index (χ3v) is 4.70. The molecule has 1 unspecified atom stereocenters. The Morgan fingerprint density at radius 3 is 2.91 bits per heavy atom. The van der Waals surface area contributed by atoms with Gasteiger partial charge in [-0.2, -0.15) is 0 Å². The normalized spacial score (nSPS) is 26.2. The van der Waals surface area contributed by atoms with Gasteiger partial charge in [-0.15, -0.1) is 0 Å². The van der Waals surface area contributed by atoms with Crippen LogP contribution in [0, 0.1) is 5.92 Å². The first-order chi connectivity index (χ1) is 11.2. The molecule has 2 bridgehead atoms. The number of carbonyl (C=O) groups excluding carboxylic acids is 1. The smallest absolute Gasteiger partial charge is 0.307 e. The van der Waals surface area contributed by atoms with Gasteiger partial charge in [0, 0.05) is 30.4 Å². The number of carbonyl (C=O) groups is 1. The summed E-state index contributed by atoms with van der Waals surface area (Å²) in [5.41, 5.74) is 7.22. The molecule has 2 aromatic rings. The summed E-state index contributed by atoms with van der Waals surface area (Å²) in [5, 5.41) is 3.05. The van der Waals surface area contributed by atoms with Crippen molar-refractivity contribution in [3.63, 3.8) is 0 Å². The molecule has 23 heavy (non-hydrogen) atoms. The molecule has 1 amide bonds. The number of nitrogens with two attached hydrogens (primary N) is 1. The van der Waals surface area contributed by atoms with E-state index in [1.165, 1.54) is 13.0 Å². The van der Waals surface area contributed by atoms with Crippen molar-refractivity contribution in [2.45, 2.75) is 18.9 Å². The summed E-state index contributed by atoms with van der Waals surface area (Å²) in [5.74, 6) is 1.16. The van der Waals surface area contributed by atoms with Gasteiger partial charge in [0.05, 0.1) is 6.20 Å². The van der Waals surface area contributed by atoms with Crippen molar-refractivity contribution >= 4 is 11.6 Å². The first-order valence-electron chi connectivity index (χ1n) is 8.02. The summed E-state index contributed by atoms with van der Waals surface area (Å²) in [6, 6.07) is 7.48. The zero-order chi connectivity index (χ0) is 15.8. The predicted molar refractivity (Wildman–Crippen MR) is 86.8 cm³/mol. The van der Waals surface area contributed by atoms with Crippen molar-refractivity contribution in [3.05, 3.63) is 36.4 Å². The van der Waals surface area contributed by atoms with E-state index in [2.05, 4.69) is 15.2 Å². The van der Waals surface area contributed by atoms with Crippen molar-refractivity contribution in [1.82, 2.24) is 15.2 Å². The number of nitrogen functional groups attached to an aromatic ring is 1. The van der Waals surface area contributed by atoms with Gasteiger partial charge < -0.3 is 20.4 Å². The van der Waals surface area contributed by atoms with Crippen LogP contribution in [0.2, 0.25) is 0 Å². The number of amides is 1. The standard InChI is InChI=1S/C17H20N4O2/c18-13-3-1-12(2-4-13)15-8-19-17(23-15)16(22)20-14-7-11-5-6-21(9-11)10-14/h1-4,8,11,14H,5-7,9-10,18H2,(H,20,22)/t11-,14+/m0/s1. The monoisotopic (exact) mass is 312 g/mol. The highest BCUT2D eigenvalue weighted by Gasteiger charge is 2.33. The molecule has 120 valence electrons. The average Bonchev–Trinajstić information content (AvgIpc) is 3.15. The summed E-state index contributed by atoms with van der Waals surface area (Å²) in [6.07, 6.45) is 3.87. The molecule has 6 nitrogen and oxygen atoms in total. The summed E-state index contributed by atoms with van der Waals surface area (Å²) in [6.45, 7) is 3.25. The van der Waals surface area contributed by atoms with Crippen molar-refractivity contribution in [3.8, 4) is 11.3 Å². The highest BCUT2D eigenvalue weighted by molar-refractivity contribution is 5.90. The zero-order valence-electron chi connectivity index (χ0n) is 12.9. The molecule has 2 saturated heterocycles. The summed E-state index contributed by atoms with van der Waals surface area (Å²) >= 11 is 0. The summed E-state index contributed by atoms with van der Waals surface area (Å²) in [7, 11) is 0. The summed E-state index contributed by atoms with van der Waals surface area (Å²) in [4.78, 5) is 18.9. The number of hydrogen-bond acceptors (Lipinski definition) is 5. The zero-order valence-corrected chi connectivity index (χ0v) is 12.9. The lowest BCUT2D eigenvalue weighted by Crippen LogP contribution is -2.47. The number of hydrogen-bond donors (Lipinski definition) is 2. The van der Waals surface area contributed by atoms with Crippen molar-refractivity contribution in [2.75, 3.05) is 25.4 Å². The largest absolute Gasteiger partial charge is 0.432 e. The van der Waals surface area contributed by atoms with Crippen LogP contribution in [0.4, 0.5) is 5.69 Å². The van der Waals surface area contributed by atoms with Gasteiger partial charge in [-0.1, -0.05) is 0 Å². The molecule has 3 heterocycles. The molecule has 0 radical (unpaired) electrons. The molecule has 2 fully saturated rings. The molecule has 0 aliphatic carbocycles. The van der Waals surface area contributed by atoms with E-state index in [4.69, 9.17) is 10.2 Å². The van der Waals surface area contributed by atoms with Gasteiger partial charge in [-0.3, -0.25) is 4.79 Å². The maximum absolute atomic E-state index is 12.3. The fourth-order valence-electron chi connectivity index (χ4n) is 3.57. The number of rotatable bonds is 3. The lowest BCUT2D eigenvalue weighted by Gasteiger charge is -2.30.